The van der Waals surface area contributed by atoms with E-state index < -0.39 is 0 Å². The van der Waals surface area contributed by atoms with Crippen LogP contribution in [0.4, 0.5) is 0 Å². The van der Waals surface area contributed by atoms with Gasteiger partial charge in [0.25, 0.3) is 0 Å². The lowest BCUT2D eigenvalue weighted by Crippen LogP contribution is -2.38. The van der Waals surface area contributed by atoms with Crippen molar-refractivity contribution < 1.29 is 4.79 Å². The quantitative estimate of drug-likeness (QED) is 0.627. The van der Waals surface area contributed by atoms with E-state index in [-0.39, 0.29) is 5.41 Å². The molecule has 4 atom stereocenters. The minimum Gasteiger partial charge on any atom is -0.294 e. The molecule has 0 saturated heterocycles. The molecule has 0 aromatic heterocycles. The Morgan fingerprint density at radius 3 is 2.95 bits per heavy atom. The van der Waals surface area contributed by atoms with Gasteiger partial charge in [-0.3, -0.25) is 4.79 Å². The zero-order valence-corrected chi connectivity index (χ0v) is 13.0. The summed E-state index contributed by atoms with van der Waals surface area (Å²) in [6, 6.07) is 6.69. The van der Waals surface area contributed by atoms with E-state index in [0.717, 1.165) is 24.3 Å². The van der Waals surface area contributed by atoms with Crippen molar-refractivity contribution in [2.24, 2.45) is 17.3 Å². The van der Waals surface area contributed by atoms with Gasteiger partial charge < -0.3 is 0 Å². The summed E-state index contributed by atoms with van der Waals surface area (Å²) in [5.41, 5.74) is 7.78. The van der Waals surface area contributed by atoms with Gasteiger partial charge in [-0.25, -0.2) is 0 Å². The van der Waals surface area contributed by atoms with E-state index in [1.165, 1.54) is 49.7 Å². The molecule has 0 heterocycles. The van der Waals surface area contributed by atoms with Crippen LogP contribution in [0.1, 0.15) is 72.3 Å². The molecule has 4 unspecified atom stereocenters. The second-order valence-electron chi connectivity index (χ2n) is 8.38. The number of ketones is 1. The first-order valence-electron chi connectivity index (χ1n) is 9.16. The van der Waals surface area contributed by atoms with E-state index in [2.05, 4.69) is 18.2 Å². The molecular formula is C21H22O. The number of carbonyl (C=O) groups excluding carboxylic acids is 1. The molecule has 6 aliphatic rings. The van der Waals surface area contributed by atoms with Gasteiger partial charge in [-0.1, -0.05) is 29.3 Å². The summed E-state index contributed by atoms with van der Waals surface area (Å²) in [6.07, 6.45) is 10.0. The van der Waals surface area contributed by atoms with Crippen LogP contribution in [0.25, 0.3) is 0 Å². The molecule has 6 aliphatic carbocycles. The summed E-state index contributed by atoms with van der Waals surface area (Å²) in [6.45, 7) is 0. The van der Waals surface area contributed by atoms with E-state index in [1.54, 1.807) is 11.1 Å². The highest BCUT2D eigenvalue weighted by molar-refractivity contribution is 6.02. The minimum absolute atomic E-state index is 0.289. The number of rotatable bonds is 0. The molecule has 7 rings (SSSR count). The van der Waals surface area contributed by atoms with E-state index in [4.69, 9.17) is 0 Å². The number of hydrogen-bond donors (Lipinski definition) is 0. The van der Waals surface area contributed by atoms with Gasteiger partial charge in [0.2, 0.25) is 0 Å². The van der Waals surface area contributed by atoms with Gasteiger partial charge in [0.15, 0.2) is 5.78 Å². The number of fused-ring (bicyclic) bond motifs is 2. The summed E-state index contributed by atoms with van der Waals surface area (Å²) >= 11 is 0. The molecule has 0 radical (unpaired) electrons. The molecule has 1 saturated carbocycles. The van der Waals surface area contributed by atoms with Gasteiger partial charge in [0.05, 0.1) is 0 Å². The zero-order chi connectivity index (χ0) is 14.5. The van der Waals surface area contributed by atoms with Gasteiger partial charge in [0, 0.05) is 16.9 Å². The Hall–Kier alpha value is -1.37. The average molecular weight is 290 g/mol. The fraction of sp³-hybridized carbons (Fsp3) is 0.571. The molecule has 1 fully saturated rings. The van der Waals surface area contributed by atoms with Crippen LogP contribution in [0.5, 0.6) is 0 Å². The smallest absolute Gasteiger partial charge is 0.167 e. The highest BCUT2D eigenvalue weighted by Gasteiger charge is 2.58. The Morgan fingerprint density at radius 1 is 1.05 bits per heavy atom. The van der Waals surface area contributed by atoms with Crippen molar-refractivity contribution in [1.29, 1.82) is 0 Å². The fourth-order valence-electron chi connectivity index (χ4n) is 6.99. The number of Topliss-reactive ketones (excluding diaryl/α,β-unsaturated/α-hetero) is 1. The van der Waals surface area contributed by atoms with Gasteiger partial charge in [0.1, 0.15) is 0 Å². The Balaban J connectivity index is 1.69. The van der Waals surface area contributed by atoms with Crippen molar-refractivity contribution in [1.82, 2.24) is 0 Å². The first-order chi connectivity index (χ1) is 10.8. The predicted octanol–water partition coefficient (Wildman–Crippen LogP) is 4.81. The first-order valence-corrected chi connectivity index (χ1v) is 9.16. The molecule has 1 aromatic rings. The Labute approximate surface area is 131 Å². The Bertz CT molecular complexity index is 755. The largest absolute Gasteiger partial charge is 0.294 e. The normalized spacial score (nSPS) is 40.7. The lowest BCUT2D eigenvalue weighted by Gasteiger charge is -2.41. The predicted molar refractivity (Wildman–Crippen MR) is 86.0 cm³/mol. The van der Waals surface area contributed by atoms with Crippen LogP contribution in [-0.4, -0.2) is 5.78 Å². The molecule has 0 amide bonds. The fourth-order valence-corrected chi connectivity index (χ4v) is 6.99. The van der Waals surface area contributed by atoms with Crippen LogP contribution in [0.2, 0.25) is 0 Å². The number of hydrogen-bond acceptors (Lipinski definition) is 1. The Kier molecular flexibility index (Phi) is 2.06. The first kappa shape index (κ1) is 12.1. The molecule has 0 N–H and O–H groups in total. The number of carbonyl (C=O) groups is 1. The zero-order valence-electron chi connectivity index (χ0n) is 13.0. The van der Waals surface area contributed by atoms with Crippen LogP contribution in [0.15, 0.2) is 29.3 Å². The third-order valence-electron chi connectivity index (χ3n) is 7.80. The van der Waals surface area contributed by atoms with Crippen molar-refractivity contribution >= 4 is 5.78 Å². The van der Waals surface area contributed by atoms with Gasteiger partial charge >= 0.3 is 0 Å². The van der Waals surface area contributed by atoms with E-state index in [1.807, 2.05) is 0 Å². The van der Waals surface area contributed by atoms with Crippen molar-refractivity contribution in [3.05, 3.63) is 46.0 Å². The van der Waals surface area contributed by atoms with Crippen molar-refractivity contribution in [2.75, 3.05) is 0 Å². The van der Waals surface area contributed by atoms with Crippen LogP contribution < -0.4 is 0 Å². The second-order valence-corrected chi connectivity index (χ2v) is 8.38. The highest BCUT2D eigenvalue weighted by Crippen LogP contribution is 2.67. The number of aryl methyl sites for hydroxylation is 1. The summed E-state index contributed by atoms with van der Waals surface area (Å²) in [5, 5.41) is 0. The molecule has 0 aliphatic heterocycles. The summed E-state index contributed by atoms with van der Waals surface area (Å²) in [5.74, 6) is 2.27. The second kappa shape index (κ2) is 3.75. The highest BCUT2D eigenvalue weighted by atomic mass is 16.1. The molecule has 1 heteroatoms. The maximum Gasteiger partial charge on any atom is 0.167 e. The third kappa shape index (κ3) is 1.19. The van der Waals surface area contributed by atoms with E-state index in [0.29, 0.717) is 17.6 Å². The summed E-state index contributed by atoms with van der Waals surface area (Å²) in [7, 11) is 0. The van der Waals surface area contributed by atoms with Gasteiger partial charge in [-0.05, 0) is 74.3 Å². The topological polar surface area (TPSA) is 17.1 Å². The van der Waals surface area contributed by atoms with Crippen molar-refractivity contribution in [2.45, 2.75) is 57.3 Å². The Morgan fingerprint density at radius 2 is 2.00 bits per heavy atom. The summed E-state index contributed by atoms with van der Waals surface area (Å²) in [4.78, 5) is 13.5. The number of allylic oxidation sites excluding steroid dienone is 2. The average Bonchev–Trinajstić information content (AvgIpc) is 3.12. The lowest BCUT2D eigenvalue weighted by atomic mass is 9.62. The van der Waals surface area contributed by atoms with Crippen molar-refractivity contribution in [3.63, 3.8) is 0 Å². The molecule has 22 heavy (non-hydrogen) atoms. The maximum absolute atomic E-state index is 13.5. The molecule has 7 bridgehead atoms. The summed E-state index contributed by atoms with van der Waals surface area (Å²) < 4.78 is 0. The maximum atomic E-state index is 13.5. The van der Waals surface area contributed by atoms with Crippen LogP contribution >= 0.6 is 0 Å². The lowest BCUT2D eigenvalue weighted by molar-refractivity contribution is 0.0771. The monoisotopic (exact) mass is 290 g/mol. The van der Waals surface area contributed by atoms with Crippen molar-refractivity contribution in [3.8, 4) is 0 Å². The SMILES string of the molecule is O=C1c2c3cccc2C2CCC4=C(C2)C2CCC4(C2)C1CC3. The van der Waals surface area contributed by atoms with Crippen LogP contribution in [-0.2, 0) is 6.42 Å². The van der Waals surface area contributed by atoms with Crippen LogP contribution in [0, 0.1) is 17.3 Å². The van der Waals surface area contributed by atoms with E-state index in [9.17, 15) is 4.79 Å². The molecule has 1 nitrogen and oxygen atoms in total. The van der Waals surface area contributed by atoms with E-state index >= 15 is 0 Å². The molecular weight excluding hydrogens is 268 g/mol. The standard InChI is InChI=1S/C21H22O/c22-20-18-7-4-12-2-1-3-15(19(12)20)13-5-6-17-16(10-13)14-8-9-21(17,18)11-14/h1-3,13-14,18H,4-11H2. The molecule has 112 valence electrons. The van der Waals surface area contributed by atoms with Gasteiger partial charge in [-0.2, -0.15) is 0 Å². The molecule has 1 spiro atoms. The minimum atomic E-state index is 0.289. The molecule has 1 aromatic carbocycles. The van der Waals surface area contributed by atoms with Gasteiger partial charge in [-0.15, -0.1) is 0 Å². The third-order valence-corrected chi connectivity index (χ3v) is 7.80. The van der Waals surface area contributed by atoms with Crippen LogP contribution in [0.3, 0.4) is 0 Å². The number of benzene rings is 1.